The van der Waals surface area contributed by atoms with Gasteiger partial charge in [-0.15, -0.1) is 0 Å². The summed E-state index contributed by atoms with van der Waals surface area (Å²) >= 11 is 0. The maximum absolute atomic E-state index is 11.4. The van der Waals surface area contributed by atoms with Gasteiger partial charge in [-0.2, -0.15) is 0 Å². The predicted octanol–water partition coefficient (Wildman–Crippen LogP) is 5.09. The van der Waals surface area contributed by atoms with Crippen molar-refractivity contribution < 1.29 is 23.8 Å². The number of aromatic carboxylic acids is 1. The highest BCUT2D eigenvalue weighted by atomic mass is 16.5. The zero-order valence-electron chi connectivity index (χ0n) is 17.6. The Balaban J connectivity index is 1.41. The van der Waals surface area contributed by atoms with E-state index in [4.69, 9.17) is 13.9 Å². The van der Waals surface area contributed by atoms with Gasteiger partial charge in [0.15, 0.2) is 0 Å². The van der Waals surface area contributed by atoms with E-state index in [-0.39, 0.29) is 6.61 Å². The molecule has 1 N–H and O–H groups in total. The molecule has 0 spiro atoms. The molecular formula is C24H27NO5. The number of benzene rings is 2. The highest BCUT2D eigenvalue weighted by Crippen LogP contribution is 2.22. The molecule has 1 heterocycles. The van der Waals surface area contributed by atoms with Gasteiger partial charge in [-0.25, -0.2) is 9.78 Å². The van der Waals surface area contributed by atoms with Crippen LogP contribution in [0.1, 0.15) is 44.9 Å². The van der Waals surface area contributed by atoms with Crippen molar-refractivity contribution in [3.8, 4) is 11.5 Å². The third-order valence-electron chi connectivity index (χ3n) is 4.84. The maximum atomic E-state index is 11.4. The van der Waals surface area contributed by atoms with Crippen molar-refractivity contribution in [1.29, 1.82) is 0 Å². The first-order valence-corrected chi connectivity index (χ1v) is 9.96. The molecular weight excluding hydrogens is 382 g/mol. The van der Waals surface area contributed by atoms with Crippen LogP contribution in [0.4, 0.5) is 0 Å². The van der Waals surface area contributed by atoms with Gasteiger partial charge in [-0.05, 0) is 50.5 Å². The minimum absolute atomic E-state index is 0.269. The molecule has 0 aliphatic carbocycles. The SMILES string of the molecule is Cc1ccc(-c2nc(COCCCOCc3cccc(C)c3C(=O)O)c(C)o2)cc1. The zero-order chi connectivity index (χ0) is 21.5. The Labute approximate surface area is 176 Å². The first-order valence-electron chi connectivity index (χ1n) is 9.96. The lowest BCUT2D eigenvalue weighted by Crippen LogP contribution is -2.08. The highest BCUT2D eigenvalue weighted by Gasteiger charge is 2.13. The average Bonchev–Trinajstić information content (AvgIpc) is 3.08. The fraction of sp³-hybridized carbons (Fsp3) is 0.333. The van der Waals surface area contributed by atoms with Gasteiger partial charge >= 0.3 is 5.97 Å². The van der Waals surface area contributed by atoms with Gasteiger partial charge in [-0.3, -0.25) is 0 Å². The molecule has 1 aromatic heterocycles. The van der Waals surface area contributed by atoms with Gasteiger partial charge in [0, 0.05) is 18.8 Å². The standard InChI is InChI=1S/C24H27NO5/c1-16-8-10-19(11-9-16)23-25-21(18(3)30-23)15-29-13-5-12-28-14-20-7-4-6-17(2)22(20)24(26)27/h4,6-11H,5,12-15H2,1-3H3,(H,26,27). The second-order valence-corrected chi connectivity index (χ2v) is 7.26. The Bertz CT molecular complexity index is 991. The quantitative estimate of drug-likeness (QED) is 0.470. The summed E-state index contributed by atoms with van der Waals surface area (Å²) < 4.78 is 17.1. The first kappa shape index (κ1) is 21.7. The number of carboxylic acids is 1. The van der Waals surface area contributed by atoms with Crippen LogP contribution in [0.3, 0.4) is 0 Å². The number of oxazole rings is 1. The summed E-state index contributed by atoms with van der Waals surface area (Å²) in [5, 5.41) is 9.35. The summed E-state index contributed by atoms with van der Waals surface area (Å²) in [7, 11) is 0. The van der Waals surface area contributed by atoms with Crippen LogP contribution in [0.15, 0.2) is 46.9 Å². The molecule has 3 rings (SSSR count). The van der Waals surface area contributed by atoms with Crippen molar-refractivity contribution in [3.05, 3.63) is 76.2 Å². The van der Waals surface area contributed by atoms with E-state index in [1.807, 2.05) is 44.2 Å². The molecule has 6 heteroatoms. The van der Waals surface area contributed by atoms with Crippen LogP contribution in [0, 0.1) is 20.8 Å². The fourth-order valence-electron chi connectivity index (χ4n) is 3.15. The predicted molar refractivity (Wildman–Crippen MR) is 113 cm³/mol. The molecule has 6 nitrogen and oxygen atoms in total. The number of nitrogens with zero attached hydrogens (tertiary/aromatic N) is 1. The smallest absolute Gasteiger partial charge is 0.336 e. The number of carbonyl (C=O) groups is 1. The van der Waals surface area contributed by atoms with Crippen molar-refractivity contribution in [2.45, 2.75) is 40.4 Å². The van der Waals surface area contributed by atoms with Crippen molar-refractivity contribution in [2.75, 3.05) is 13.2 Å². The lowest BCUT2D eigenvalue weighted by atomic mass is 10.0. The van der Waals surface area contributed by atoms with E-state index in [0.29, 0.717) is 43.3 Å². The van der Waals surface area contributed by atoms with Gasteiger partial charge in [0.25, 0.3) is 0 Å². The number of carboxylic acid groups (broad SMARTS) is 1. The number of aryl methyl sites for hydroxylation is 3. The van der Waals surface area contributed by atoms with Gasteiger partial charge < -0.3 is 19.0 Å². The summed E-state index contributed by atoms with van der Waals surface area (Å²) in [5.74, 6) is 0.423. The summed E-state index contributed by atoms with van der Waals surface area (Å²) in [5.41, 5.74) is 4.66. The van der Waals surface area contributed by atoms with Gasteiger partial charge in [0.2, 0.25) is 5.89 Å². The Morgan fingerprint density at radius 1 is 1.00 bits per heavy atom. The Morgan fingerprint density at radius 3 is 2.40 bits per heavy atom. The largest absolute Gasteiger partial charge is 0.478 e. The Hall–Kier alpha value is -2.96. The minimum atomic E-state index is -0.928. The molecule has 0 radical (unpaired) electrons. The van der Waals surface area contributed by atoms with Crippen LogP contribution in [-0.4, -0.2) is 29.3 Å². The lowest BCUT2D eigenvalue weighted by molar-refractivity contribution is 0.0639. The van der Waals surface area contributed by atoms with Crippen LogP contribution < -0.4 is 0 Å². The summed E-state index contributed by atoms with van der Waals surface area (Å²) in [4.78, 5) is 15.9. The van der Waals surface area contributed by atoms with E-state index >= 15 is 0 Å². The average molecular weight is 409 g/mol. The van der Waals surface area contributed by atoms with Crippen LogP contribution in [-0.2, 0) is 22.7 Å². The van der Waals surface area contributed by atoms with Gasteiger partial charge in [-0.1, -0.05) is 35.9 Å². The number of ether oxygens (including phenoxy) is 2. The van der Waals surface area contributed by atoms with Crippen molar-refractivity contribution in [2.24, 2.45) is 0 Å². The summed E-state index contributed by atoms with van der Waals surface area (Å²) in [6, 6.07) is 13.5. The number of rotatable bonds is 10. The molecule has 0 fully saturated rings. The molecule has 0 bridgehead atoms. The van der Waals surface area contributed by atoms with E-state index in [1.165, 1.54) is 5.56 Å². The maximum Gasteiger partial charge on any atom is 0.336 e. The van der Waals surface area contributed by atoms with Gasteiger partial charge in [0.1, 0.15) is 11.5 Å². The molecule has 30 heavy (non-hydrogen) atoms. The third-order valence-corrected chi connectivity index (χ3v) is 4.84. The molecule has 3 aromatic rings. The first-order chi connectivity index (χ1) is 14.5. The number of hydrogen-bond acceptors (Lipinski definition) is 5. The van der Waals surface area contributed by atoms with Crippen molar-refractivity contribution >= 4 is 5.97 Å². The molecule has 0 atom stereocenters. The fourth-order valence-corrected chi connectivity index (χ4v) is 3.15. The van der Waals surface area contributed by atoms with E-state index in [2.05, 4.69) is 4.98 Å². The van der Waals surface area contributed by atoms with Crippen molar-refractivity contribution in [3.63, 3.8) is 0 Å². The molecule has 0 saturated heterocycles. The lowest BCUT2D eigenvalue weighted by Gasteiger charge is -2.09. The van der Waals surface area contributed by atoms with E-state index in [1.54, 1.807) is 19.1 Å². The minimum Gasteiger partial charge on any atom is -0.478 e. The zero-order valence-corrected chi connectivity index (χ0v) is 17.6. The molecule has 158 valence electrons. The molecule has 0 aliphatic rings. The molecule has 0 unspecified atom stereocenters. The van der Waals surface area contributed by atoms with E-state index in [0.717, 1.165) is 22.6 Å². The molecule has 0 amide bonds. The third kappa shape index (κ3) is 5.55. The summed E-state index contributed by atoms with van der Waals surface area (Å²) in [6.07, 6.45) is 0.704. The van der Waals surface area contributed by atoms with Crippen molar-refractivity contribution in [1.82, 2.24) is 4.98 Å². The molecule has 0 aliphatic heterocycles. The Kier molecular flexibility index (Phi) is 7.38. The van der Waals surface area contributed by atoms with Crippen LogP contribution in [0.5, 0.6) is 0 Å². The van der Waals surface area contributed by atoms with E-state index in [9.17, 15) is 9.90 Å². The Morgan fingerprint density at radius 2 is 1.70 bits per heavy atom. The van der Waals surface area contributed by atoms with Gasteiger partial charge in [0.05, 0.1) is 18.8 Å². The number of hydrogen-bond donors (Lipinski definition) is 1. The monoisotopic (exact) mass is 409 g/mol. The van der Waals surface area contributed by atoms with Crippen LogP contribution in [0.25, 0.3) is 11.5 Å². The second kappa shape index (κ2) is 10.2. The van der Waals surface area contributed by atoms with Crippen LogP contribution in [0.2, 0.25) is 0 Å². The highest BCUT2D eigenvalue weighted by molar-refractivity contribution is 5.91. The van der Waals surface area contributed by atoms with E-state index < -0.39 is 5.97 Å². The molecule has 0 saturated carbocycles. The van der Waals surface area contributed by atoms with Crippen LogP contribution >= 0.6 is 0 Å². The summed E-state index contributed by atoms with van der Waals surface area (Å²) in [6.45, 7) is 7.36. The second-order valence-electron chi connectivity index (χ2n) is 7.26. The molecule has 2 aromatic carbocycles. The number of aromatic nitrogens is 1. The topological polar surface area (TPSA) is 81.8 Å². The normalized spacial score (nSPS) is 11.0.